The molecule has 17 heavy (non-hydrogen) atoms. The number of hydrogen-bond donors (Lipinski definition) is 0. The molecule has 0 radical (unpaired) electrons. The van der Waals surface area contributed by atoms with Crippen LogP contribution in [0.2, 0.25) is 0 Å². The summed E-state index contributed by atoms with van der Waals surface area (Å²) in [5.41, 5.74) is 2.99. The van der Waals surface area contributed by atoms with E-state index < -0.39 is 0 Å². The van der Waals surface area contributed by atoms with Crippen molar-refractivity contribution in [3.05, 3.63) is 59.1 Å². The van der Waals surface area contributed by atoms with E-state index in [1.54, 1.807) is 22.8 Å². The van der Waals surface area contributed by atoms with Crippen molar-refractivity contribution in [1.29, 1.82) is 0 Å². The van der Waals surface area contributed by atoms with Gasteiger partial charge in [0.1, 0.15) is 5.82 Å². The van der Waals surface area contributed by atoms with Crippen LogP contribution in [0.4, 0.5) is 4.39 Å². The number of nitrogens with zero attached hydrogens (tertiary/aromatic N) is 2. The fourth-order valence-corrected chi connectivity index (χ4v) is 2.17. The highest BCUT2D eigenvalue weighted by atomic mass is 79.9. The normalized spacial score (nSPS) is 10.9. The maximum atomic E-state index is 12.8. The third-order valence-corrected chi connectivity index (χ3v) is 3.26. The largest absolute Gasteiger partial charge is 0.239 e. The van der Waals surface area contributed by atoms with Crippen molar-refractivity contribution in [3.8, 4) is 11.1 Å². The molecule has 0 saturated carbocycles. The second-order valence-corrected chi connectivity index (χ2v) is 4.60. The van der Waals surface area contributed by atoms with Gasteiger partial charge in [0.25, 0.3) is 0 Å². The number of pyridine rings is 1. The summed E-state index contributed by atoms with van der Waals surface area (Å²) in [5.74, 6) is -0.225. The zero-order chi connectivity index (χ0) is 11.8. The van der Waals surface area contributed by atoms with Gasteiger partial charge in [-0.1, -0.05) is 18.2 Å². The minimum absolute atomic E-state index is 0.225. The summed E-state index contributed by atoms with van der Waals surface area (Å²) < 4.78 is 15.6. The van der Waals surface area contributed by atoms with E-state index in [1.807, 2.05) is 18.3 Å². The number of benzene rings is 1. The van der Waals surface area contributed by atoms with Gasteiger partial charge >= 0.3 is 0 Å². The summed E-state index contributed by atoms with van der Waals surface area (Å²) in [4.78, 5) is 0. The van der Waals surface area contributed by atoms with E-state index in [9.17, 15) is 4.39 Å². The molecule has 0 amide bonds. The van der Waals surface area contributed by atoms with Crippen LogP contribution in [-0.2, 0) is 0 Å². The Balaban J connectivity index is 2.14. The van der Waals surface area contributed by atoms with E-state index in [4.69, 9.17) is 0 Å². The van der Waals surface area contributed by atoms with Crippen molar-refractivity contribution in [2.24, 2.45) is 0 Å². The van der Waals surface area contributed by atoms with Crippen LogP contribution < -0.4 is 0 Å². The Hall–Kier alpha value is -1.68. The lowest BCUT2D eigenvalue weighted by atomic mass is 10.1. The van der Waals surface area contributed by atoms with Crippen LogP contribution in [0.5, 0.6) is 0 Å². The molecule has 2 nitrogen and oxygen atoms in total. The molecule has 3 aromatic rings. The molecular formula is C13H8BrFN2. The highest BCUT2D eigenvalue weighted by molar-refractivity contribution is 9.10. The number of hydrogen-bond acceptors (Lipinski definition) is 1. The van der Waals surface area contributed by atoms with Crippen LogP contribution in [0.1, 0.15) is 0 Å². The van der Waals surface area contributed by atoms with Crippen molar-refractivity contribution in [3.63, 3.8) is 0 Å². The summed E-state index contributed by atoms with van der Waals surface area (Å²) in [6, 6.07) is 10.4. The van der Waals surface area contributed by atoms with Crippen molar-refractivity contribution >= 4 is 21.4 Å². The number of halogens is 2. The topological polar surface area (TPSA) is 17.3 Å². The van der Waals surface area contributed by atoms with Gasteiger partial charge in [0.05, 0.1) is 16.2 Å². The number of fused-ring (bicyclic) bond motifs is 1. The quantitative estimate of drug-likeness (QED) is 0.664. The molecule has 4 heteroatoms. The Morgan fingerprint density at radius 3 is 2.47 bits per heavy atom. The van der Waals surface area contributed by atoms with Gasteiger partial charge < -0.3 is 0 Å². The summed E-state index contributed by atoms with van der Waals surface area (Å²) in [6.07, 6.45) is 3.68. The van der Waals surface area contributed by atoms with Crippen LogP contribution in [-0.4, -0.2) is 9.61 Å². The first kappa shape index (κ1) is 10.5. The van der Waals surface area contributed by atoms with Gasteiger partial charge in [-0.15, -0.1) is 0 Å². The lowest BCUT2D eigenvalue weighted by Crippen LogP contribution is -1.88. The van der Waals surface area contributed by atoms with Gasteiger partial charge in [-0.3, -0.25) is 0 Å². The third kappa shape index (κ3) is 1.85. The van der Waals surface area contributed by atoms with E-state index in [-0.39, 0.29) is 5.82 Å². The van der Waals surface area contributed by atoms with Gasteiger partial charge in [-0.25, -0.2) is 8.91 Å². The molecule has 0 fully saturated rings. The van der Waals surface area contributed by atoms with Crippen LogP contribution in [0.15, 0.2) is 53.3 Å². The molecule has 0 unspecified atom stereocenters. The lowest BCUT2D eigenvalue weighted by molar-refractivity contribution is 0.628. The zero-order valence-corrected chi connectivity index (χ0v) is 10.4. The molecule has 0 saturated heterocycles. The first-order chi connectivity index (χ1) is 8.24. The van der Waals surface area contributed by atoms with Gasteiger partial charge in [0.2, 0.25) is 0 Å². The smallest absolute Gasteiger partial charge is 0.123 e. The molecule has 1 aromatic carbocycles. The van der Waals surface area contributed by atoms with Crippen molar-refractivity contribution < 1.29 is 4.39 Å². The number of aromatic nitrogens is 2. The maximum Gasteiger partial charge on any atom is 0.123 e. The predicted molar refractivity (Wildman–Crippen MR) is 68.3 cm³/mol. The molecule has 0 aliphatic rings. The first-order valence-electron chi connectivity index (χ1n) is 5.13. The Morgan fingerprint density at radius 1 is 1.00 bits per heavy atom. The van der Waals surface area contributed by atoms with Crippen molar-refractivity contribution in [1.82, 2.24) is 9.61 Å². The molecule has 0 N–H and O–H groups in total. The molecule has 0 spiro atoms. The Morgan fingerprint density at radius 2 is 1.71 bits per heavy atom. The maximum absolute atomic E-state index is 12.8. The highest BCUT2D eigenvalue weighted by Crippen LogP contribution is 2.23. The Kier molecular flexibility index (Phi) is 2.44. The standard InChI is InChI=1S/C13H8BrFN2/c14-12-7-16-17-8-10(3-6-13(12)17)9-1-4-11(15)5-2-9/h1-8H. The molecule has 0 aliphatic carbocycles. The first-order valence-corrected chi connectivity index (χ1v) is 5.92. The van der Waals surface area contributed by atoms with E-state index in [0.717, 1.165) is 21.1 Å². The molecule has 0 bridgehead atoms. The van der Waals surface area contributed by atoms with Crippen molar-refractivity contribution in [2.75, 3.05) is 0 Å². The molecule has 2 heterocycles. The summed E-state index contributed by atoms with van der Waals surface area (Å²) in [5, 5.41) is 4.22. The van der Waals surface area contributed by atoms with Crippen molar-refractivity contribution in [2.45, 2.75) is 0 Å². The molecule has 3 rings (SSSR count). The van der Waals surface area contributed by atoms with Gasteiger partial charge in [-0.05, 0) is 39.7 Å². The Labute approximate surface area is 106 Å². The average Bonchev–Trinajstić information content (AvgIpc) is 2.72. The SMILES string of the molecule is Fc1ccc(-c2ccc3c(Br)cnn3c2)cc1. The predicted octanol–water partition coefficient (Wildman–Crippen LogP) is 3.90. The van der Waals surface area contributed by atoms with Gasteiger partial charge in [-0.2, -0.15) is 5.10 Å². The van der Waals surface area contributed by atoms with E-state index in [1.165, 1.54) is 12.1 Å². The average molecular weight is 291 g/mol. The van der Waals surface area contributed by atoms with Crippen LogP contribution in [0.3, 0.4) is 0 Å². The number of rotatable bonds is 1. The van der Waals surface area contributed by atoms with Crippen LogP contribution >= 0.6 is 15.9 Å². The summed E-state index contributed by atoms with van der Waals surface area (Å²) in [6.45, 7) is 0. The molecule has 2 aromatic heterocycles. The fraction of sp³-hybridized carbons (Fsp3) is 0. The van der Waals surface area contributed by atoms with Gasteiger partial charge in [0.15, 0.2) is 0 Å². The van der Waals surface area contributed by atoms with E-state index in [0.29, 0.717) is 0 Å². The molecule has 0 aliphatic heterocycles. The Bertz CT molecular complexity index is 673. The van der Waals surface area contributed by atoms with Crippen LogP contribution in [0, 0.1) is 5.82 Å². The minimum atomic E-state index is -0.225. The second kappa shape index (κ2) is 3.96. The van der Waals surface area contributed by atoms with Gasteiger partial charge in [0, 0.05) is 11.8 Å². The third-order valence-electron chi connectivity index (χ3n) is 2.65. The molecule has 84 valence electrons. The monoisotopic (exact) mass is 290 g/mol. The van der Waals surface area contributed by atoms with Crippen LogP contribution in [0.25, 0.3) is 16.6 Å². The molecular weight excluding hydrogens is 283 g/mol. The zero-order valence-electron chi connectivity index (χ0n) is 8.77. The summed E-state index contributed by atoms with van der Waals surface area (Å²) >= 11 is 3.42. The van der Waals surface area contributed by atoms with E-state index in [2.05, 4.69) is 21.0 Å². The fourth-order valence-electron chi connectivity index (χ4n) is 1.77. The summed E-state index contributed by atoms with van der Waals surface area (Å²) in [7, 11) is 0. The molecule has 0 atom stereocenters. The van der Waals surface area contributed by atoms with E-state index >= 15 is 0 Å². The second-order valence-electron chi connectivity index (χ2n) is 3.75. The lowest BCUT2D eigenvalue weighted by Gasteiger charge is -2.02. The highest BCUT2D eigenvalue weighted by Gasteiger charge is 2.03. The minimum Gasteiger partial charge on any atom is -0.239 e.